The molecule has 16 heavy (non-hydrogen) atoms. The SMILES string of the molecule is Cn1ccc(CNCC2CCCCC2Cl)n1. The zero-order valence-electron chi connectivity index (χ0n) is 9.82. The third-order valence-electron chi connectivity index (χ3n) is 3.30. The molecule has 3 nitrogen and oxygen atoms in total. The van der Waals surface area contributed by atoms with Gasteiger partial charge in [0.1, 0.15) is 0 Å². The normalized spacial score (nSPS) is 25.9. The van der Waals surface area contributed by atoms with E-state index in [1.165, 1.54) is 25.7 Å². The number of rotatable bonds is 4. The van der Waals surface area contributed by atoms with Crippen LogP contribution in [0, 0.1) is 5.92 Å². The maximum absolute atomic E-state index is 6.31. The Hall–Kier alpha value is -0.540. The number of aryl methyl sites for hydroxylation is 1. The Morgan fingerprint density at radius 3 is 3.00 bits per heavy atom. The molecule has 0 radical (unpaired) electrons. The first-order valence-corrected chi connectivity index (χ1v) is 6.52. The molecule has 0 spiro atoms. The Morgan fingerprint density at radius 1 is 1.50 bits per heavy atom. The Balaban J connectivity index is 1.71. The van der Waals surface area contributed by atoms with Crippen molar-refractivity contribution in [3.8, 4) is 0 Å². The van der Waals surface area contributed by atoms with Crippen LogP contribution in [0.1, 0.15) is 31.4 Å². The van der Waals surface area contributed by atoms with Crippen LogP contribution in [0.25, 0.3) is 0 Å². The molecule has 0 saturated heterocycles. The summed E-state index contributed by atoms with van der Waals surface area (Å²) in [4.78, 5) is 0. The summed E-state index contributed by atoms with van der Waals surface area (Å²) in [5.74, 6) is 0.638. The van der Waals surface area contributed by atoms with E-state index in [9.17, 15) is 0 Å². The zero-order valence-corrected chi connectivity index (χ0v) is 10.6. The van der Waals surface area contributed by atoms with Crippen molar-refractivity contribution in [1.82, 2.24) is 15.1 Å². The number of nitrogens with zero attached hydrogens (tertiary/aromatic N) is 2. The van der Waals surface area contributed by atoms with Crippen molar-refractivity contribution in [1.29, 1.82) is 0 Å². The summed E-state index contributed by atoms with van der Waals surface area (Å²) in [6, 6.07) is 2.05. The quantitative estimate of drug-likeness (QED) is 0.820. The summed E-state index contributed by atoms with van der Waals surface area (Å²) in [5.41, 5.74) is 1.10. The Morgan fingerprint density at radius 2 is 2.31 bits per heavy atom. The first kappa shape index (κ1) is 11.9. The van der Waals surface area contributed by atoms with Crippen LogP contribution in [-0.2, 0) is 13.6 Å². The van der Waals surface area contributed by atoms with Gasteiger partial charge < -0.3 is 5.32 Å². The lowest BCUT2D eigenvalue weighted by molar-refractivity contribution is 0.348. The van der Waals surface area contributed by atoms with Gasteiger partial charge in [0.25, 0.3) is 0 Å². The second kappa shape index (κ2) is 5.69. The fraction of sp³-hybridized carbons (Fsp3) is 0.750. The first-order chi connectivity index (χ1) is 7.75. The predicted octanol–water partition coefficient (Wildman–Crippen LogP) is 2.31. The predicted molar refractivity (Wildman–Crippen MR) is 66.5 cm³/mol. The molecular formula is C12H20ClN3. The molecule has 1 aliphatic rings. The molecule has 0 aromatic carbocycles. The molecule has 1 aromatic rings. The average molecular weight is 242 g/mol. The molecule has 2 rings (SSSR count). The van der Waals surface area contributed by atoms with Crippen LogP contribution in [0.2, 0.25) is 0 Å². The first-order valence-electron chi connectivity index (χ1n) is 6.09. The fourth-order valence-corrected chi connectivity index (χ4v) is 2.70. The molecular weight excluding hydrogens is 222 g/mol. The van der Waals surface area contributed by atoms with Gasteiger partial charge in [0, 0.05) is 25.2 Å². The molecule has 90 valence electrons. The molecule has 1 aliphatic carbocycles. The van der Waals surface area contributed by atoms with Gasteiger partial charge >= 0.3 is 0 Å². The van der Waals surface area contributed by atoms with Crippen LogP contribution in [-0.4, -0.2) is 21.7 Å². The molecule has 4 heteroatoms. The third kappa shape index (κ3) is 3.22. The van der Waals surface area contributed by atoms with Crippen molar-refractivity contribution in [3.63, 3.8) is 0 Å². The van der Waals surface area contributed by atoms with Crippen molar-refractivity contribution in [2.75, 3.05) is 6.54 Å². The number of nitrogens with one attached hydrogen (secondary N) is 1. The van der Waals surface area contributed by atoms with Crippen LogP contribution in [0.15, 0.2) is 12.3 Å². The third-order valence-corrected chi connectivity index (χ3v) is 3.87. The number of hydrogen-bond donors (Lipinski definition) is 1. The minimum Gasteiger partial charge on any atom is -0.311 e. The summed E-state index contributed by atoms with van der Waals surface area (Å²) < 4.78 is 1.84. The minimum atomic E-state index is 0.366. The van der Waals surface area contributed by atoms with Crippen LogP contribution in [0.4, 0.5) is 0 Å². The molecule has 2 atom stereocenters. The van der Waals surface area contributed by atoms with E-state index in [0.29, 0.717) is 11.3 Å². The Kier molecular flexibility index (Phi) is 4.24. The van der Waals surface area contributed by atoms with E-state index in [-0.39, 0.29) is 0 Å². The van der Waals surface area contributed by atoms with Gasteiger partial charge in [-0.25, -0.2) is 0 Å². The standard InChI is InChI=1S/C12H20ClN3/c1-16-7-6-11(15-16)9-14-8-10-4-2-3-5-12(10)13/h6-7,10,12,14H,2-5,8-9H2,1H3. The Bertz CT molecular complexity index is 324. The number of aromatic nitrogens is 2. The van der Waals surface area contributed by atoms with Crippen LogP contribution in [0.5, 0.6) is 0 Å². The highest BCUT2D eigenvalue weighted by atomic mass is 35.5. The highest BCUT2D eigenvalue weighted by molar-refractivity contribution is 6.20. The highest BCUT2D eigenvalue weighted by Crippen LogP contribution is 2.27. The van der Waals surface area contributed by atoms with E-state index in [2.05, 4.69) is 10.4 Å². The van der Waals surface area contributed by atoms with E-state index >= 15 is 0 Å². The lowest BCUT2D eigenvalue weighted by Gasteiger charge is -2.27. The van der Waals surface area contributed by atoms with Crippen molar-refractivity contribution in [3.05, 3.63) is 18.0 Å². The van der Waals surface area contributed by atoms with Gasteiger partial charge in [0.15, 0.2) is 0 Å². The molecule has 1 aromatic heterocycles. The molecule has 0 amide bonds. The second-order valence-corrected chi connectivity index (χ2v) is 5.23. The number of alkyl halides is 1. The second-order valence-electron chi connectivity index (χ2n) is 4.67. The van der Waals surface area contributed by atoms with Gasteiger partial charge in [-0.15, -0.1) is 11.6 Å². The van der Waals surface area contributed by atoms with Crippen LogP contribution in [0.3, 0.4) is 0 Å². The lowest BCUT2D eigenvalue weighted by Crippen LogP contribution is -2.31. The van der Waals surface area contributed by atoms with Crippen LogP contribution >= 0.6 is 11.6 Å². The molecule has 1 saturated carbocycles. The monoisotopic (exact) mass is 241 g/mol. The van der Waals surface area contributed by atoms with E-state index in [4.69, 9.17) is 11.6 Å². The smallest absolute Gasteiger partial charge is 0.0762 e. The molecule has 1 heterocycles. The van der Waals surface area contributed by atoms with Gasteiger partial charge in [-0.05, 0) is 31.4 Å². The van der Waals surface area contributed by atoms with Crippen molar-refractivity contribution in [2.24, 2.45) is 13.0 Å². The number of hydrogen-bond acceptors (Lipinski definition) is 2. The van der Waals surface area contributed by atoms with Gasteiger partial charge in [0.2, 0.25) is 0 Å². The largest absolute Gasteiger partial charge is 0.311 e. The Labute approximate surface area is 102 Å². The van der Waals surface area contributed by atoms with Crippen molar-refractivity contribution >= 4 is 11.6 Å². The summed E-state index contributed by atoms with van der Waals surface area (Å²) in [7, 11) is 1.94. The van der Waals surface area contributed by atoms with E-state index in [0.717, 1.165) is 18.8 Å². The fourth-order valence-electron chi connectivity index (χ4n) is 2.34. The van der Waals surface area contributed by atoms with Crippen molar-refractivity contribution < 1.29 is 0 Å². The van der Waals surface area contributed by atoms with Crippen molar-refractivity contribution in [2.45, 2.75) is 37.6 Å². The lowest BCUT2D eigenvalue weighted by atomic mass is 9.89. The minimum absolute atomic E-state index is 0.366. The number of halogens is 1. The van der Waals surface area contributed by atoms with Gasteiger partial charge in [0.05, 0.1) is 5.69 Å². The molecule has 0 bridgehead atoms. The van der Waals surface area contributed by atoms with Crippen LogP contribution < -0.4 is 5.32 Å². The zero-order chi connectivity index (χ0) is 11.4. The topological polar surface area (TPSA) is 29.9 Å². The van der Waals surface area contributed by atoms with E-state index < -0.39 is 0 Å². The highest BCUT2D eigenvalue weighted by Gasteiger charge is 2.22. The maximum atomic E-state index is 6.31. The summed E-state index contributed by atoms with van der Waals surface area (Å²) >= 11 is 6.31. The maximum Gasteiger partial charge on any atom is 0.0762 e. The molecule has 1 fully saturated rings. The van der Waals surface area contributed by atoms with Gasteiger partial charge in [-0.3, -0.25) is 4.68 Å². The molecule has 1 N–H and O–H groups in total. The summed E-state index contributed by atoms with van der Waals surface area (Å²) in [5, 5.41) is 8.15. The average Bonchev–Trinajstić information content (AvgIpc) is 2.67. The van der Waals surface area contributed by atoms with Gasteiger partial charge in [-0.2, -0.15) is 5.10 Å². The van der Waals surface area contributed by atoms with E-state index in [1.807, 2.05) is 24.0 Å². The van der Waals surface area contributed by atoms with E-state index in [1.54, 1.807) is 0 Å². The molecule has 0 aliphatic heterocycles. The molecule has 2 unspecified atom stereocenters. The summed E-state index contributed by atoms with van der Waals surface area (Å²) in [6.45, 7) is 1.87. The summed E-state index contributed by atoms with van der Waals surface area (Å²) in [6.07, 6.45) is 7.05. The van der Waals surface area contributed by atoms with Gasteiger partial charge in [-0.1, -0.05) is 12.8 Å².